The topological polar surface area (TPSA) is 76.3 Å². The predicted molar refractivity (Wildman–Crippen MR) is 87.8 cm³/mol. The van der Waals surface area contributed by atoms with Gasteiger partial charge in [0.1, 0.15) is 11.6 Å². The summed E-state index contributed by atoms with van der Waals surface area (Å²) in [4.78, 5) is 3.49. The van der Waals surface area contributed by atoms with Crippen molar-refractivity contribution in [2.75, 3.05) is 13.1 Å². The molecule has 1 saturated heterocycles. The first-order valence-corrected chi connectivity index (χ1v) is 10.2. The van der Waals surface area contributed by atoms with Gasteiger partial charge in [0.15, 0.2) is 10.7 Å². The number of sulfonamides is 1. The summed E-state index contributed by atoms with van der Waals surface area (Å²) in [6, 6.07) is 3.06. The van der Waals surface area contributed by atoms with Gasteiger partial charge in [0.25, 0.3) is 0 Å². The molecular formula is C17H19F2N3O3S. The second kappa shape index (κ2) is 6.70. The third-order valence-corrected chi connectivity index (χ3v) is 6.81. The molecule has 26 heavy (non-hydrogen) atoms. The van der Waals surface area contributed by atoms with Crippen LogP contribution in [0.15, 0.2) is 27.6 Å². The number of rotatable bonds is 5. The lowest BCUT2D eigenvalue weighted by Crippen LogP contribution is -2.41. The Labute approximate surface area is 150 Å². The Balaban J connectivity index is 1.50. The van der Waals surface area contributed by atoms with Crippen LogP contribution in [0.5, 0.6) is 0 Å². The summed E-state index contributed by atoms with van der Waals surface area (Å²) in [5.74, 6) is -0.571. The number of hydrogen-bond acceptors (Lipinski definition) is 5. The monoisotopic (exact) mass is 383 g/mol. The van der Waals surface area contributed by atoms with Crippen molar-refractivity contribution in [3.8, 4) is 0 Å². The normalized spacial score (nSPS) is 21.8. The van der Waals surface area contributed by atoms with E-state index in [4.69, 9.17) is 4.52 Å². The third kappa shape index (κ3) is 3.37. The number of benzene rings is 1. The van der Waals surface area contributed by atoms with Gasteiger partial charge in [-0.2, -0.15) is 9.29 Å². The number of aromatic nitrogens is 2. The molecule has 2 heterocycles. The fraction of sp³-hybridized carbons (Fsp3) is 0.529. The van der Waals surface area contributed by atoms with Crippen molar-refractivity contribution >= 4 is 10.0 Å². The van der Waals surface area contributed by atoms with Crippen LogP contribution >= 0.6 is 0 Å². The fourth-order valence-electron chi connectivity index (χ4n) is 3.38. The maximum absolute atomic E-state index is 14.0. The number of nitrogens with zero attached hydrogens (tertiary/aromatic N) is 3. The molecule has 0 amide bonds. The molecule has 0 radical (unpaired) electrons. The van der Waals surface area contributed by atoms with Gasteiger partial charge in [-0.25, -0.2) is 17.2 Å². The van der Waals surface area contributed by atoms with Crippen LogP contribution in [-0.4, -0.2) is 36.0 Å². The van der Waals surface area contributed by atoms with Crippen molar-refractivity contribution in [2.24, 2.45) is 5.92 Å². The SMILES string of the molecule is O=S(=O)(c1c(F)cccc1F)N1CCCC(Cc2nc(C3CC3)no2)C1. The molecule has 0 bridgehead atoms. The Morgan fingerprint density at radius 1 is 1.19 bits per heavy atom. The van der Waals surface area contributed by atoms with Crippen LogP contribution in [0.1, 0.15) is 43.3 Å². The maximum Gasteiger partial charge on any atom is 0.248 e. The summed E-state index contributed by atoms with van der Waals surface area (Å²) < 4.78 is 59.8. The van der Waals surface area contributed by atoms with E-state index in [1.54, 1.807) is 0 Å². The lowest BCUT2D eigenvalue weighted by Gasteiger charge is -2.31. The molecule has 1 aromatic heterocycles. The summed E-state index contributed by atoms with van der Waals surface area (Å²) in [5.41, 5.74) is 0. The molecule has 9 heteroatoms. The molecule has 1 atom stereocenters. The Kier molecular flexibility index (Phi) is 4.52. The number of piperidine rings is 1. The number of halogens is 2. The Hall–Kier alpha value is -1.87. The fourth-order valence-corrected chi connectivity index (χ4v) is 5.04. The summed E-state index contributed by atoms with van der Waals surface area (Å²) in [5, 5.41) is 3.97. The van der Waals surface area contributed by atoms with Crippen molar-refractivity contribution < 1.29 is 21.7 Å². The van der Waals surface area contributed by atoms with E-state index in [1.165, 1.54) is 0 Å². The van der Waals surface area contributed by atoms with E-state index in [0.29, 0.717) is 30.5 Å². The zero-order chi connectivity index (χ0) is 18.3. The second-order valence-corrected chi connectivity index (χ2v) is 8.82. The van der Waals surface area contributed by atoms with E-state index < -0.39 is 26.6 Å². The summed E-state index contributed by atoms with van der Waals surface area (Å²) in [7, 11) is -4.23. The van der Waals surface area contributed by atoms with Gasteiger partial charge in [-0.05, 0) is 43.7 Å². The van der Waals surface area contributed by atoms with Gasteiger partial charge in [0, 0.05) is 25.4 Å². The van der Waals surface area contributed by atoms with Crippen molar-refractivity contribution in [3.63, 3.8) is 0 Å². The van der Waals surface area contributed by atoms with Crippen molar-refractivity contribution in [1.29, 1.82) is 0 Å². The predicted octanol–water partition coefficient (Wildman–Crippen LogP) is 2.87. The van der Waals surface area contributed by atoms with Crippen molar-refractivity contribution in [3.05, 3.63) is 41.5 Å². The quantitative estimate of drug-likeness (QED) is 0.794. The molecule has 1 aromatic carbocycles. The standard InChI is InChI=1S/C17H19F2N3O3S/c18-13-4-1-5-14(19)16(13)26(23,24)22-8-2-3-11(10-22)9-15-20-17(21-25-15)12-6-7-12/h1,4-5,11-12H,2-3,6-10H2. The molecule has 1 aliphatic carbocycles. The minimum Gasteiger partial charge on any atom is -0.339 e. The highest BCUT2D eigenvalue weighted by molar-refractivity contribution is 7.89. The van der Waals surface area contributed by atoms with Crippen LogP contribution in [0, 0.1) is 17.6 Å². The van der Waals surface area contributed by atoms with Crippen molar-refractivity contribution in [2.45, 2.75) is 42.9 Å². The lowest BCUT2D eigenvalue weighted by atomic mass is 9.96. The van der Waals surface area contributed by atoms with E-state index in [0.717, 1.165) is 41.8 Å². The Morgan fingerprint density at radius 3 is 2.62 bits per heavy atom. The smallest absolute Gasteiger partial charge is 0.248 e. The minimum atomic E-state index is -4.23. The minimum absolute atomic E-state index is 0.0270. The van der Waals surface area contributed by atoms with Crippen LogP contribution in [0.2, 0.25) is 0 Å². The lowest BCUT2D eigenvalue weighted by molar-refractivity contribution is 0.245. The molecule has 0 spiro atoms. The zero-order valence-corrected chi connectivity index (χ0v) is 14.9. The molecule has 140 valence electrons. The largest absolute Gasteiger partial charge is 0.339 e. The molecule has 6 nitrogen and oxygen atoms in total. The second-order valence-electron chi connectivity index (χ2n) is 6.95. The van der Waals surface area contributed by atoms with Crippen LogP contribution in [0.4, 0.5) is 8.78 Å². The van der Waals surface area contributed by atoms with Crippen LogP contribution in [-0.2, 0) is 16.4 Å². The first-order valence-electron chi connectivity index (χ1n) is 8.72. The van der Waals surface area contributed by atoms with E-state index in [2.05, 4.69) is 10.1 Å². The van der Waals surface area contributed by atoms with Gasteiger partial charge in [-0.3, -0.25) is 0 Å². The van der Waals surface area contributed by atoms with Crippen LogP contribution in [0.3, 0.4) is 0 Å². The molecule has 1 saturated carbocycles. The first-order chi connectivity index (χ1) is 12.4. The zero-order valence-electron chi connectivity index (χ0n) is 14.1. The molecule has 2 aromatic rings. The molecular weight excluding hydrogens is 364 g/mol. The van der Waals surface area contributed by atoms with Gasteiger partial charge in [0.05, 0.1) is 0 Å². The average molecular weight is 383 g/mol. The summed E-state index contributed by atoms with van der Waals surface area (Å²) in [6.45, 7) is 0.418. The van der Waals surface area contributed by atoms with Crippen LogP contribution in [0.25, 0.3) is 0 Å². The van der Waals surface area contributed by atoms with Gasteiger partial charge in [0.2, 0.25) is 15.9 Å². The summed E-state index contributed by atoms with van der Waals surface area (Å²) in [6.07, 6.45) is 4.02. The van der Waals surface area contributed by atoms with Gasteiger partial charge in [-0.15, -0.1) is 0 Å². The third-order valence-electron chi connectivity index (χ3n) is 4.89. The van der Waals surface area contributed by atoms with Gasteiger partial charge >= 0.3 is 0 Å². The molecule has 0 N–H and O–H groups in total. The van der Waals surface area contributed by atoms with E-state index >= 15 is 0 Å². The highest BCUT2D eigenvalue weighted by Gasteiger charge is 2.35. The van der Waals surface area contributed by atoms with E-state index in [1.807, 2.05) is 0 Å². The molecule has 1 unspecified atom stereocenters. The molecule has 1 aliphatic heterocycles. The first kappa shape index (κ1) is 17.5. The molecule has 2 aliphatic rings. The maximum atomic E-state index is 14.0. The Bertz CT molecular complexity index is 891. The van der Waals surface area contributed by atoms with E-state index in [-0.39, 0.29) is 19.0 Å². The van der Waals surface area contributed by atoms with Gasteiger partial charge in [-0.1, -0.05) is 11.2 Å². The molecule has 2 fully saturated rings. The van der Waals surface area contributed by atoms with Crippen molar-refractivity contribution in [1.82, 2.24) is 14.4 Å². The summed E-state index contributed by atoms with van der Waals surface area (Å²) >= 11 is 0. The van der Waals surface area contributed by atoms with Crippen LogP contribution < -0.4 is 0 Å². The highest BCUT2D eigenvalue weighted by atomic mass is 32.2. The van der Waals surface area contributed by atoms with Gasteiger partial charge < -0.3 is 4.52 Å². The molecule has 4 rings (SSSR count). The highest BCUT2D eigenvalue weighted by Crippen LogP contribution is 2.38. The van der Waals surface area contributed by atoms with E-state index in [9.17, 15) is 17.2 Å². The number of hydrogen-bond donors (Lipinski definition) is 0. The average Bonchev–Trinajstić information content (AvgIpc) is 3.35. The Morgan fingerprint density at radius 2 is 1.92 bits per heavy atom.